The van der Waals surface area contributed by atoms with E-state index < -0.39 is 6.04 Å². The van der Waals surface area contributed by atoms with E-state index in [1.807, 2.05) is 49.4 Å². The topological polar surface area (TPSA) is 69.0 Å². The highest BCUT2D eigenvalue weighted by Crippen LogP contribution is 2.43. The fourth-order valence-corrected chi connectivity index (χ4v) is 4.63. The first-order chi connectivity index (χ1) is 17.3. The Labute approximate surface area is 214 Å². The van der Waals surface area contributed by atoms with Crippen LogP contribution in [0.25, 0.3) is 11.0 Å². The summed E-state index contributed by atoms with van der Waals surface area (Å²) in [5.41, 5.74) is 2.71. The number of rotatable bonds is 6. The third kappa shape index (κ3) is 4.11. The van der Waals surface area contributed by atoms with E-state index in [2.05, 4.69) is 13.8 Å². The molecule has 1 aliphatic rings. The van der Waals surface area contributed by atoms with Gasteiger partial charge >= 0.3 is 0 Å². The number of halogens is 1. The fraction of sp³-hybridized carbons (Fsp3) is 0.241. The predicted molar refractivity (Wildman–Crippen MR) is 141 cm³/mol. The highest BCUT2D eigenvalue weighted by Gasteiger charge is 2.44. The van der Waals surface area contributed by atoms with Crippen LogP contribution in [0.5, 0.6) is 11.5 Å². The molecule has 0 aliphatic carbocycles. The van der Waals surface area contributed by atoms with E-state index >= 15 is 0 Å². The Morgan fingerprint density at radius 3 is 2.44 bits per heavy atom. The van der Waals surface area contributed by atoms with Crippen molar-refractivity contribution in [3.8, 4) is 11.5 Å². The van der Waals surface area contributed by atoms with E-state index in [9.17, 15) is 9.59 Å². The number of carbonyl (C=O) groups is 1. The molecule has 1 amide bonds. The molecule has 0 saturated carbocycles. The van der Waals surface area contributed by atoms with E-state index in [0.29, 0.717) is 51.3 Å². The standard InChI is InChI=1S/C29H26ClNO5/c1-16(2)15-35-23-11-7-18(13-24(23)34-4)26-25-27(32)21-14-19(30)8-12-22(21)36-28(25)29(33)31(26)20-9-5-17(3)6-10-20/h5-14,16,26H,15H2,1-4H3. The molecule has 0 N–H and O–H groups in total. The third-order valence-electron chi connectivity index (χ3n) is 6.22. The molecule has 1 atom stereocenters. The Hall–Kier alpha value is -3.77. The molecular weight excluding hydrogens is 478 g/mol. The molecule has 0 spiro atoms. The SMILES string of the molecule is COc1cc(C2c3c(oc4ccc(Cl)cc4c3=O)C(=O)N2c2ccc(C)cc2)ccc1OCC(C)C. The van der Waals surface area contributed by atoms with Gasteiger partial charge in [0.25, 0.3) is 5.91 Å². The van der Waals surface area contributed by atoms with Crippen LogP contribution in [0.1, 0.15) is 47.1 Å². The van der Waals surface area contributed by atoms with E-state index in [4.69, 9.17) is 25.5 Å². The second-order valence-electron chi connectivity index (χ2n) is 9.34. The second-order valence-corrected chi connectivity index (χ2v) is 9.78. The summed E-state index contributed by atoms with van der Waals surface area (Å²) < 4.78 is 17.6. The van der Waals surface area contributed by atoms with Gasteiger partial charge in [0, 0.05) is 10.7 Å². The van der Waals surface area contributed by atoms with Crippen LogP contribution in [0.3, 0.4) is 0 Å². The van der Waals surface area contributed by atoms with Crippen LogP contribution in [-0.4, -0.2) is 19.6 Å². The molecule has 0 saturated heterocycles. The first-order valence-corrected chi connectivity index (χ1v) is 12.1. The zero-order valence-corrected chi connectivity index (χ0v) is 21.3. The van der Waals surface area contributed by atoms with Gasteiger partial charge in [0.05, 0.1) is 30.7 Å². The number of aryl methyl sites for hydroxylation is 1. The van der Waals surface area contributed by atoms with Crippen molar-refractivity contribution in [3.05, 3.63) is 98.4 Å². The van der Waals surface area contributed by atoms with Gasteiger partial charge < -0.3 is 13.9 Å². The molecule has 7 heteroatoms. The van der Waals surface area contributed by atoms with Crippen LogP contribution in [0.2, 0.25) is 5.02 Å². The largest absolute Gasteiger partial charge is 0.493 e. The minimum atomic E-state index is -0.720. The molecule has 2 heterocycles. The van der Waals surface area contributed by atoms with Gasteiger partial charge in [-0.05, 0) is 60.9 Å². The predicted octanol–water partition coefficient (Wildman–Crippen LogP) is 6.55. The zero-order valence-electron chi connectivity index (χ0n) is 20.5. The van der Waals surface area contributed by atoms with Gasteiger partial charge in [0.2, 0.25) is 5.76 Å². The van der Waals surface area contributed by atoms with Crippen LogP contribution < -0.4 is 19.8 Å². The number of hydrogen-bond acceptors (Lipinski definition) is 5. The Morgan fingerprint density at radius 1 is 1.00 bits per heavy atom. The lowest BCUT2D eigenvalue weighted by molar-refractivity contribution is 0.0971. The number of nitrogens with zero attached hydrogens (tertiary/aromatic N) is 1. The molecule has 6 nitrogen and oxygen atoms in total. The first-order valence-electron chi connectivity index (χ1n) is 11.8. The number of fused-ring (bicyclic) bond motifs is 2. The Balaban J connectivity index is 1.73. The Bertz CT molecular complexity index is 1520. The molecule has 0 bridgehead atoms. The van der Waals surface area contributed by atoms with E-state index in [-0.39, 0.29) is 22.7 Å². The number of anilines is 1. The number of amides is 1. The molecule has 0 fully saturated rings. The number of ether oxygens (including phenoxy) is 2. The van der Waals surface area contributed by atoms with Crippen LogP contribution in [0, 0.1) is 12.8 Å². The van der Waals surface area contributed by atoms with Crippen molar-refractivity contribution in [1.29, 1.82) is 0 Å². The van der Waals surface area contributed by atoms with Crippen molar-refractivity contribution in [2.24, 2.45) is 5.92 Å². The van der Waals surface area contributed by atoms with Crippen molar-refractivity contribution in [2.75, 3.05) is 18.6 Å². The van der Waals surface area contributed by atoms with Crippen molar-refractivity contribution < 1.29 is 18.7 Å². The Kier molecular flexibility index (Phi) is 6.22. The lowest BCUT2D eigenvalue weighted by atomic mass is 9.97. The quantitative estimate of drug-likeness (QED) is 0.298. The highest BCUT2D eigenvalue weighted by molar-refractivity contribution is 6.31. The maximum absolute atomic E-state index is 13.8. The van der Waals surface area contributed by atoms with Gasteiger partial charge in [0.15, 0.2) is 16.9 Å². The molecule has 4 aromatic rings. The van der Waals surface area contributed by atoms with E-state index in [1.165, 1.54) is 0 Å². The summed E-state index contributed by atoms with van der Waals surface area (Å²) in [6, 6.07) is 17.2. The Morgan fingerprint density at radius 2 is 1.75 bits per heavy atom. The van der Waals surface area contributed by atoms with Crippen molar-refractivity contribution in [2.45, 2.75) is 26.8 Å². The molecule has 5 rings (SSSR count). The third-order valence-corrected chi connectivity index (χ3v) is 6.46. The average molecular weight is 504 g/mol. The molecule has 3 aromatic carbocycles. The first kappa shape index (κ1) is 23.9. The van der Waals surface area contributed by atoms with E-state index in [1.54, 1.807) is 30.2 Å². The summed E-state index contributed by atoms with van der Waals surface area (Å²) in [5.74, 6) is 1.10. The van der Waals surface area contributed by atoms with Gasteiger partial charge in [-0.2, -0.15) is 0 Å². The lowest BCUT2D eigenvalue weighted by Gasteiger charge is -2.26. The summed E-state index contributed by atoms with van der Waals surface area (Å²) >= 11 is 6.18. The summed E-state index contributed by atoms with van der Waals surface area (Å²) in [4.78, 5) is 29.1. The number of hydrogen-bond donors (Lipinski definition) is 0. The minimum absolute atomic E-state index is 0.0273. The van der Waals surface area contributed by atoms with Gasteiger partial charge in [0.1, 0.15) is 5.58 Å². The highest BCUT2D eigenvalue weighted by atomic mass is 35.5. The van der Waals surface area contributed by atoms with Gasteiger partial charge in [-0.3, -0.25) is 14.5 Å². The molecule has 1 aliphatic heterocycles. The average Bonchev–Trinajstić information content (AvgIpc) is 3.16. The maximum atomic E-state index is 13.8. The fourth-order valence-electron chi connectivity index (χ4n) is 4.46. The molecule has 184 valence electrons. The minimum Gasteiger partial charge on any atom is -0.493 e. The molecular formula is C29H26ClNO5. The summed E-state index contributed by atoms with van der Waals surface area (Å²) in [6.07, 6.45) is 0. The van der Waals surface area contributed by atoms with Crippen LogP contribution in [-0.2, 0) is 0 Å². The summed E-state index contributed by atoms with van der Waals surface area (Å²) in [5, 5.41) is 0.744. The van der Waals surface area contributed by atoms with Crippen LogP contribution >= 0.6 is 11.6 Å². The summed E-state index contributed by atoms with van der Waals surface area (Å²) in [7, 11) is 1.57. The monoisotopic (exact) mass is 503 g/mol. The van der Waals surface area contributed by atoms with Crippen LogP contribution in [0.15, 0.2) is 69.9 Å². The van der Waals surface area contributed by atoms with Crippen molar-refractivity contribution >= 4 is 34.2 Å². The van der Waals surface area contributed by atoms with Gasteiger partial charge in [-0.1, -0.05) is 49.2 Å². The van der Waals surface area contributed by atoms with Crippen molar-refractivity contribution in [3.63, 3.8) is 0 Å². The normalized spacial score (nSPS) is 15.0. The van der Waals surface area contributed by atoms with E-state index in [0.717, 1.165) is 5.56 Å². The van der Waals surface area contributed by atoms with Crippen molar-refractivity contribution in [1.82, 2.24) is 0 Å². The molecule has 36 heavy (non-hydrogen) atoms. The molecule has 1 unspecified atom stereocenters. The van der Waals surface area contributed by atoms with Gasteiger partial charge in [-0.25, -0.2) is 0 Å². The number of methoxy groups -OCH3 is 1. The number of benzene rings is 3. The lowest BCUT2D eigenvalue weighted by Crippen LogP contribution is -2.29. The zero-order chi connectivity index (χ0) is 25.6. The maximum Gasteiger partial charge on any atom is 0.295 e. The molecule has 1 aromatic heterocycles. The smallest absolute Gasteiger partial charge is 0.295 e. The summed E-state index contributed by atoms with van der Waals surface area (Å²) in [6.45, 7) is 6.64. The van der Waals surface area contributed by atoms with Gasteiger partial charge in [-0.15, -0.1) is 0 Å². The number of carbonyl (C=O) groups excluding carboxylic acids is 1. The van der Waals surface area contributed by atoms with Crippen LogP contribution in [0.4, 0.5) is 5.69 Å². The second kappa shape index (κ2) is 9.36. The molecule has 0 radical (unpaired) electrons.